The number of nitrogens with zero attached hydrogens (tertiary/aromatic N) is 3. The van der Waals surface area contributed by atoms with Crippen LogP contribution in [0.5, 0.6) is 5.88 Å². The smallest absolute Gasteiger partial charge is 0.353 e. The highest BCUT2D eigenvalue weighted by Gasteiger charge is 2.32. The van der Waals surface area contributed by atoms with Gasteiger partial charge in [0.2, 0.25) is 0 Å². The van der Waals surface area contributed by atoms with Crippen molar-refractivity contribution in [3.05, 3.63) is 15.8 Å². The summed E-state index contributed by atoms with van der Waals surface area (Å²) in [6, 6.07) is -0.0508. The third kappa shape index (κ3) is 2.17. The molecule has 1 aliphatic carbocycles. The van der Waals surface area contributed by atoms with Crippen molar-refractivity contribution in [2.45, 2.75) is 51.8 Å². The molecule has 1 fully saturated rings. The van der Waals surface area contributed by atoms with Crippen LogP contribution in [0.4, 0.5) is 5.69 Å². The van der Waals surface area contributed by atoms with Gasteiger partial charge in [-0.05, 0) is 33.1 Å². The summed E-state index contributed by atoms with van der Waals surface area (Å²) in [5, 5.41) is 15.2. The summed E-state index contributed by atoms with van der Waals surface area (Å²) in [6.45, 7) is 4.02. The number of hydrogen-bond acceptors (Lipinski definition) is 5. The fourth-order valence-electron chi connectivity index (χ4n) is 2.34. The number of rotatable bonds is 4. The molecule has 0 amide bonds. The lowest BCUT2D eigenvalue weighted by molar-refractivity contribution is -0.386. The number of aryl methyl sites for hydroxylation is 2. The SMILES string of the molecule is CCn1nc(C)c([N+](=O)[O-])c1OC1CCCC1N. The lowest BCUT2D eigenvalue weighted by Gasteiger charge is -2.17. The van der Waals surface area contributed by atoms with Crippen molar-refractivity contribution in [1.82, 2.24) is 9.78 Å². The van der Waals surface area contributed by atoms with Crippen molar-refractivity contribution in [2.75, 3.05) is 0 Å². The Kier molecular flexibility index (Phi) is 3.51. The normalized spacial score (nSPS) is 23.3. The van der Waals surface area contributed by atoms with Crippen molar-refractivity contribution in [3.63, 3.8) is 0 Å². The van der Waals surface area contributed by atoms with Crippen molar-refractivity contribution in [1.29, 1.82) is 0 Å². The summed E-state index contributed by atoms with van der Waals surface area (Å²) in [5.74, 6) is 0.238. The van der Waals surface area contributed by atoms with E-state index in [9.17, 15) is 10.1 Å². The summed E-state index contributed by atoms with van der Waals surface area (Å²) in [5.41, 5.74) is 6.26. The maximum absolute atomic E-state index is 11.1. The van der Waals surface area contributed by atoms with Gasteiger partial charge >= 0.3 is 5.69 Å². The van der Waals surface area contributed by atoms with E-state index < -0.39 is 4.92 Å². The fourth-order valence-corrected chi connectivity index (χ4v) is 2.34. The van der Waals surface area contributed by atoms with Crippen LogP contribution in [0.2, 0.25) is 0 Å². The number of nitro groups is 1. The minimum absolute atomic E-state index is 0.0454. The number of ether oxygens (including phenoxy) is 1. The van der Waals surface area contributed by atoms with Gasteiger partial charge in [0.25, 0.3) is 5.88 Å². The Balaban J connectivity index is 2.32. The van der Waals surface area contributed by atoms with Crippen LogP contribution in [0.15, 0.2) is 0 Å². The molecule has 2 unspecified atom stereocenters. The second-order valence-electron chi connectivity index (χ2n) is 4.56. The first kappa shape index (κ1) is 12.8. The summed E-state index contributed by atoms with van der Waals surface area (Å²) < 4.78 is 7.28. The molecular formula is C11H18N4O3. The largest absolute Gasteiger partial charge is 0.468 e. The van der Waals surface area contributed by atoms with Crippen molar-refractivity contribution in [3.8, 4) is 5.88 Å². The van der Waals surface area contributed by atoms with E-state index in [0.29, 0.717) is 12.2 Å². The number of hydrogen-bond donors (Lipinski definition) is 1. The molecule has 0 saturated heterocycles. The van der Waals surface area contributed by atoms with E-state index in [0.717, 1.165) is 19.3 Å². The van der Waals surface area contributed by atoms with Crippen LogP contribution in [-0.2, 0) is 6.54 Å². The number of aromatic nitrogens is 2. The summed E-state index contributed by atoms with van der Waals surface area (Å²) in [4.78, 5) is 10.6. The molecule has 1 saturated carbocycles. The highest BCUT2D eigenvalue weighted by molar-refractivity contribution is 5.45. The zero-order valence-corrected chi connectivity index (χ0v) is 10.6. The van der Waals surface area contributed by atoms with Gasteiger partial charge in [0, 0.05) is 12.6 Å². The molecule has 2 N–H and O–H groups in total. The van der Waals surface area contributed by atoms with Crippen molar-refractivity contribution < 1.29 is 9.66 Å². The first-order valence-corrected chi connectivity index (χ1v) is 6.18. The molecule has 1 heterocycles. The fraction of sp³-hybridized carbons (Fsp3) is 0.727. The highest BCUT2D eigenvalue weighted by Crippen LogP contribution is 2.33. The van der Waals surface area contributed by atoms with E-state index in [2.05, 4.69) is 5.10 Å². The predicted octanol–water partition coefficient (Wildman–Crippen LogP) is 1.38. The Morgan fingerprint density at radius 2 is 2.33 bits per heavy atom. The topological polar surface area (TPSA) is 96.2 Å². The zero-order valence-electron chi connectivity index (χ0n) is 10.6. The van der Waals surface area contributed by atoms with Gasteiger partial charge in [0.15, 0.2) is 0 Å². The zero-order chi connectivity index (χ0) is 13.3. The molecule has 18 heavy (non-hydrogen) atoms. The molecule has 0 aromatic carbocycles. The predicted molar refractivity (Wildman–Crippen MR) is 65.5 cm³/mol. The van der Waals surface area contributed by atoms with Crippen molar-refractivity contribution >= 4 is 5.69 Å². The minimum atomic E-state index is -0.440. The lowest BCUT2D eigenvalue weighted by atomic mass is 10.2. The second kappa shape index (κ2) is 4.93. The molecule has 0 spiro atoms. The van der Waals surface area contributed by atoms with Crippen LogP contribution in [-0.4, -0.2) is 26.8 Å². The average molecular weight is 254 g/mol. The third-order valence-corrected chi connectivity index (χ3v) is 3.30. The van der Waals surface area contributed by atoms with Crippen LogP contribution < -0.4 is 10.5 Å². The Morgan fingerprint density at radius 1 is 1.61 bits per heavy atom. The maximum atomic E-state index is 11.1. The first-order valence-electron chi connectivity index (χ1n) is 6.18. The molecule has 1 aromatic heterocycles. The van der Waals surface area contributed by atoms with Gasteiger partial charge in [-0.25, -0.2) is 4.68 Å². The minimum Gasteiger partial charge on any atom is -0.468 e. The molecule has 100 valence electrons. The maximum Gasteiger partial charge on any atom is 0.353 e. The van der Waals surface area contributed by atoms with Crippen LogP contribution >= 0.6 is 0 Å². The van der Waals surface area contributed by atoms with Gasteiger partial charge in [0.1, 0.15) is 11.8 Å². The first-order chi connectivity index (χ1) is 8.54. The molecule has 0 aliphatic heterocycles. The molecule has 2 rings (SSSR count). The quantitative estimate of drug-likeness (QED) is 0.646. The van der Waals surface area contributed by atoms with E-state index in [1.165, 1.54) is 4.68 Å². The number of nitrogens with two attached hydrogens (primary N) is 1. The van der Waals surface area contributed by atoms with Gasteiger partial charge in [-0.15, -0.1) is 0 Å². The second-order valence-corrected chi connectivity index (χ2v) is 4.56. The van der Waals surface area contributed by atoms with Gasteiger partial charge in [-0.3, -0.25) is 10.1 Å². The molecule has 2 atom stereocenters. The summed E-state index contributed by atoms with van der Waals surface area (Å²) >= 11 is 0. The molecule has 7 heteroatoms. The average Bonchev–Trinajstić information content (AvgIpc) is 2.84. The van der Waals surface area contributed by atoms with E-state index in [-0.39, 0.29) is 23.7 Å². The molecule has 0 bridgehead atoms. The van der Waals surface area contributed by atoms with Crippen LogP contribution in [0.1, 0.15) is 31.9 Å². The highest BCUT2D eigenvalue weighted by atomic mass is 16.6. The van der Waals surface area contributed by atoms with Crippen LogP contribution in [0.25, 0.3) is 0 Å². The van der Waals surface area contributed by atoms with E-state index in [4.69, 9.17) is 10.5 Å². The molecule has 1 aromatic rings. The summed E-state index contributed by atoms with van der Waals surface area (Å²) in [6.07, 6.45) is 2.59. The molecule has 1 aliphatic rings. The Bertz CT molecular complexity index is 457. The Labute approximate surface area is 105 Å². The standard InChI is InChI=1S/C11H18N4O3/c1-3-14-11(10(15(16)17)7(2)13-14)18-9-6-4-5-8(9)12/h8-9H,3-6,12H2,1-2H3. The van der Waals surface area contributed by atoms with E-state index in [1.54, 1.807) is 6.92 Å². The van der Waals surface area contributed by atoms with Crippen LogP contribution in [0, 0.1) is 17.0 Å². The van der Waals surface area contributed by atoms with Crippen LogP contribution in [0.3, 0.4) is 0 Å². The third-order valence-electron chi connectivity index (χ3n) is 3.30. The Hall–Kier alpha value is -1.63. The van der Waals surface area contributed by atoms with Gasteiger partial charge < -0.3 is 10.5 Å². The lowest BCUT2D eigenvalue weighted by Crippen LogP contribution is -2.34. The Morgan fingerprint density at radius 3 is 2.83 bits per heavy atom. The van der Waals surface area contributed by atoms with Gasteiger partial charge in [-0.2, -0.15) is 5.10 Å². The van der Waals surface area contributed by atoms with E-state index in [1.807, 2.05) is 6.92 Å². The summed E-state index contributed by atoms with van der Waals surface area (Å²) in [7, 11) is 0. The van der Waals surface area contributed by atoms with E-state index >= 15 is 0 Å². The molecule has 7 nitrogen and oxygen atoms in total. The molecular weight excluding hydrogens is 236 g/mol. The molecule has 0 radical (unpaired) electrons. The van der Waals surface area contributed by atoms with Crippen molar-refractivity contribution in [2.24, 2.45) is 5.73 Å². The van der Waals surface area contributed by atoms with Gasteiger partial charge in [-0.1, -0.05) is 0 Å². The van der Waals surface area contributed by atoms with Gasteiger partial charge in [0.05, 0.1) is 4.92 Å². The monoisotopic (exact) mass is 254 g/mol.